The van der Waals surface area contributed by atoms with Crippen molar-refractivity contribution in [2.75, 3.05) is 33.7 Å². The topological polar surface area (TPSA) is 54.0 Å². The first-order valence-electron chi connectivity index (χ1n) is 5.35. The van der Waals surface area contributed by atoms with E-state index in [9.17, 15) is 4.57 Å². The Morgan fingerprint density at radius 3 is 2.69 bits per heavy atom. The molecule has 2 aliphatic heterocycles. The lowest BCUT2D eigenvalue weighted by atomic mass is 9.95. The fraction of sp³-hybridized carbons (Fsp3) is 1.00. The summed E-state index contributed by atoms with van der Waals surface area (Å²) in [7, 11) is -0.920. The molecule has 0 aromatic carbocycles. The van der Waals surface area contributed by atoms with Crippen molar-refractivity contribution in [1.29, 1.82) is 0 Å². The van der Waals surface area contributed by atoms with E-state index in [1.807, 2.05) is 6.92 Å². The van der Waals surface area contributed by atoms with Gasteiger partial charge < -0.3 is 18.7 Å². The molecular formula is C10H19O5P. The second-order valence-corrected chi connectivity index (χ2v) is 7.79. The van der Waals surface area contributed by atoms with Gasteiger partial charge >= 0.3 is 0 Å². The molecule has 0 saturated carbocycles. The van der Waals surface area contributed by atoms with Crippen molar-refractivity contribution < 1.29 is 23.3 Å². The molecule has 0 amide bonds. The van der Waals surface area contributed by atoms with Gasteiger partial charge in [-0.3, -0.25) is 4.57 Å². The van der Waals surface area contributed by atoms with E-state index in [4.69, 9.17) is 18.7 Å². The van der Waals surface area contributed by atoms with Crippen LogP contribution >= 0.6 is 7.37 Å². The average molecular weight is 250 g/mol. The van der Waals surface area contributed by atoms with Crippen LogP contribution in [0.5, 0.6) is 0 Å². The second-order valence-electron chi connectivity index (χ2n) is 5.07. The summed E-state index contributed by atoms with van der Waals surface area (Å²) >= 11 is 0. The lowest BCUT2D eigenvalue weighted by Crippen LogP contribution is -2.47. The Hall–Kier alpha value is 0.0700. The maximum Gasteiger partial charge on any atom is 0.197 e. The first kappa shape index (κ1) is 12.5. The molecule has 2 aliphatic rings. The Morgan fingerprint density at radius 2 is 2.19 bits per heavy atom. The zero-order valence-corrected chi connectivity index (χ0v) is 11.1. The molecular weight excluding hydrogens is 231 g/mol. The molecule has 5 nitrogen and oxygen atoms in total. The van der Waals surface area contributed by atoms with Gasteiger partial charge in [-0.15, -0.1) is 0 Å². The van der Waals surface area contributed by atoms with Crippen molar-refractivity contribution in [3.63, 3.8) is 0 Å². The quantitative estimate of drug-likeness (QED) is 0.707. The Balaban J connectivity index is 2.17. The molecule has 0 aliphatic carbocycles. The minimum absolute atomic E-state index is 0.216. The van der Waals surface area contributed by atoms with Crippen LogP contribution in [0.15, 0.2) is 0 Å². The first-order chi connectivity index (χ1) is 7.29. The Bertz CT molecular complexity index is 323. The van der Waals surface area contributed by atoms with Gasteiger partial charge in [0.25, 0.3) is 0 Å². The monoisotopic (exact) mass is 250 g/mol. The molecule has 2 fully saturated rings. The summed E-state index contributed by atoms with van der Waals surface area (Å²) in [5.74, 6) is -0.613. The number of fused-ring (bicyclic) bond motifs is 2. The van der Waals surface area contributed by atoms with Crippen molar-refractivity contribution in [3.8, 4) is 0 Å². The summed E-state index contributed by atoms with van der Waals surface area (Å²) in [6.45, 7) is 5.94. The SMILES string of the molecule is COC[C@]12CO[C@](C)(CC1OP(C)(C)=O)O2. The van der Waals surface area contributed by atoms with E-state index in [0.29, 0.717) is 19.6 Å². The molecule has 2 heterocycles. The average Bonchev–Trinajstić information content (AvgIpc) is 2.53. The summed E-state index contributed by atoms with van der Waals surface area (Å²) < 4.78 is 33.9. The second kappa shape index (κ2) is 3.79. The van der Waals surface area contributed by atoms with Gasteiger partial charge in [-0.05, 0) is 6.92 Å². The van der Waals surface area contributed by atoms with Gasteiger partial charge in [0.2, 0.25) is 0 Å². The van der Waals surface area contributed by atoms with E-state index in [-0.39, 0.29) is 6.10 Å². The van der Waals surface area contributed by atoms with Crippen molar-refractivity contribution in [1.82, 2.24) is 0 Å². The van der Waals surface area contributed by atoms with E-state index < -0.39 is 18.8 Å². The molecule has 16 heavy (non-hydrogen) atoms. The van der Waals surface area contributed by atoms with Gasteiger partial charge in [-0.2, -0.15) is 0 Å². The molecule has 1 unspecified atom stereocenters. The van der Waals surface area contributed by atoms with Crippen LogP contribution in [0.4, 0.5) is 0 Å². The Morgan fingerprint density at radius 1 is 1.50 bits per heavy atom. The van der Waals surface area contributed by atoms with E-state index >= 15 is 0 Å². The smallest absolute Gasteiger partial charge is 0.197 e. The van der Waals surface area contributed by atoms with Crippen LogP contribution in [0, 0.1) is 0 Å². The summed E-state index contributed by atoms with van der Waals surface area (Å²) in [5, 5.41) is 0. The Kier molecular flexibility index (Phi) is 2.96. The molecule has 0 spiro atoms. The zero-order chi connectivity index (χ0) is 12.0. The predicted octanol–water partition coefficient (Wildman–Crippen LogP) is 1.46. The van der Waals surface area contributed by atoms with Crippen molar-refractivity contribution in [2.24, 2.45) is 0 Å². The van der Waals surface area contributed by atoms with Crippen molar-refractivity contribution >= 4 is 7.37 Å². The summed E-state index contributed by atoms with van der Waals surface area (Å²) in [5.41, 5.74) is -0.592. The van der Waals surface area contributed by atoms with Gasteiger partial charge in [0, 0.05) is 26.9 Å². The number of rotatable bonds is 4. The van der Waals surface area contributed by atoms with E-state index in [1.54, 1.807) is 20.4 Å². The maximum absolute atomic E-state index is 11.7. The molecule has 2 saturated heterocycles. The molecule has 3 atom stereocenters. The largest absolute Gasteiger partial charge is 0.381 e. The van der Waals surface area contributed by atoms with Crippen molar-refractivity contribution in [2.45, 2.75) is 30.8 Å². The Labute approximate surface area is 95.8 Å². The van der Waals surface area contributed by atoms with Gasteiger partial charge in [0.15, 0.2) is 13.2 Å². The van der Waals surface area contributed by atoms with E-state index in [2.05, 4.69) is 0 Å². The first-order valence-corrected chi connectivity index (χ1v) is 7.87. The summed E-state index contributed by atoms with van der Waals surface area (Å²) in [4.78, 5) is 0. The maximum atomic E-state index is 11.7. The van der Waals surface area contributed by atoms with Crippen LogP contribution in [0.3, 0.4) is 0 Å². The fourth-order valence-corrected chi connectivity index (χ4v) is 3.27. The van der Waals surface area contributed by atoms with Crippen LogP contribution in [0.2, 0.25) is 0 Å². The fourth-order valence-electron chi connectivity index (χ4n) is 2.39. The highest BCUT2D eigenvalue weighted by Crippen LogP contribution is 2.52. The van der Waals surface area contributed by atoms with E-state index in [1.165, 1.54) is 0 Å². The number of ether oxygens (including phenoxy) is 3. The number of hydrogen-bond donors (Lipinski definition) is 0. The molecule has 0 N–H and O–H groups in total. The van der Waals surface area contributed by atoms with Crippen molar-refractivity contribution in [3.05, 3.63) is 0 Å². The summed E-state index contributed by atoms with van der Waals surface area (Å²) in [6.07, 6.45) is 0.384. The molecule has 0 radical (unpaired) electrons. The minimum Gasteiger partial charge on any atom is -0.381 e. The standard InChI is InChI=1S/C10H19O5P/c1-9-5-8(14-16(3,4)11)10(15-9,6-12-2)7-13-9/h8H,5-7H2,1-4H3/t8?,9-,10-/m0/s1. The number of hydrogen-bond acceptors (Lipinski definition) is 5. The predicted molar refractivity (Wildman–Crippen MR) is 59.0 cm³/mol. The highest BCUT2D eigenvalue weighted by atomic mass is 31.2. The van der Waals surface area contributed by atoms with Crippen LogP contribution < -0.4 is 0 Å². The van der Waals surface area contributed by atoms with Crippen LogP contribution in [-0.4, -0.2) is 51.1 Å². The summed E-state index contributed by atoms with van der Waals surface area (Å²) in [6, 6.07) is 0. The normalized spacial score (nSPS) is 42.9. The van der Waals surface area contributed by atoms with Crippen LogP contribution in [0.1, 0.15) is 13.3 Å². The molecule has 94 valence electrons. The molecule has 0 aromatic rings. The van der Waals surface area contributed by atoms with Crippen LogP contribution in [0.25, 0.3) is 0 Å². The minimum atomic E-state index is -2.53. The molecule has 0 aromatic heterocycles. The molecule has 6 heteroatoms. The third-order valence-corrected chi connectivity index (χ3v) is 3.72. The highest BCUT2D eigenvalue weighted by Gasteiger charge is 2.62. The lowest BCUT2D eigenvalue weighted by Gasteiger charge is -2.32. The highest BCUT2D eigenvalue weighted by molar-refractivity contribution is 7.57. The van der Waals surface area contributed by atoms with Gasteiger partial charge in [0.05, 0.1) is 13.2 Å². The number of methoxy groups -OCH3 is 1. The van der Waals surface area contributed by atoms with Crippen LogP contribution in [-0.2, 0) is 23.3 Å². The zero-order valence-electron chi connectivity index (χ0n) is 10.2. The van der Waals surface area contributed by atoms with E-state index in [0.717, 1.165) is 0 Å². The lowest BCUT2D eigenvalue weighted by molar-refractivity contribution is -0.144. The molecule has 2 rings (SSSR count). The molecule has 2 bridgehead atoms. The van der Waals surface area contributed by atoms with Gasteiger partial charge in [-0.25, -0.2) is 0 Å². The van der Waals surface area contributed by atoms with Gasteiger partial charge in [0.1, 0.15) is 11.7 Å². The van der Waals surface area contributed by atoms with Gasteiger partial charge in [-0.1, -0.05) is 0 Å². The third-order valence-electron chi connectivity index (χ3n) is 2.95. The third kappa shape index (κ3) is 2.20.